The highest BCUT2D eigenvalue weighted by Crippen LogP contribution is 2.15. The Bertz CT molecular complexity index is 782. The molecule has 6 heteroatoms. The maximum absolute atomic E-state index is 12.1. The van der Waals surface area contributed by atoms with Crippen LogP contribution >= 0.6 is 0 Å². The van der Waals surface area contributed by atoms with E-state index in [1.807, 2.05) is 43.3 Å². The summed E-state index contributed by atoms with van der Waals surface area (Å²) in [5.41, 5.74) is 3.09. The van der Waals surface area contributed by atoms with Crippen molar-refractivity contribution in [2.24, 2.45) is 0 Å². The zero-order valence-electron chi connectivity index (χ0n) is 14.3. The van der Waals surface area contributed by atoms with Crippen molar-refractivity contribution in [3.05, 3.63) is 60.2 Å². The van der Waals surface area contributed by atoms with Crippen LogP contribution in [0.1, 0.15) is 37.2 Å². The Labute approximate surface area is 147 Å². The average Bonchev–Trinajstić information content (AvgIpc) is 3.07. The molecule has 2 aromatic heterocycles. The molecule has 6 nitrogen and oxygen atoms in total. The summed E-state index contributed by atoms with van der Waals surface area (Å²) >= 11 is 0. The molecule has 1 atom stereocenters. The predicted octanol–water partition coefficient (Wildman–Crippen LogP) is 3.34. The van der Waals surface area contributed by atoms with Gasteiger partial charge in [0.25, 0.3) is 0 Å². The molecule has 0 aliphatic heterocycles. The number of nitrogens with one attached hydrogen (secondary N) is 3. The number of imidazole rings is 1. The van der Waals surface area contributed by atoms with E-state index >= 15 is 0 Å². The van der Waals surface area contributed by atoms with Crippen LogP contribution < -0.4 is 10.6 Å². The Balaban J connectivity index is 1.43. The van der Waals surface area contributed by atoms with Crippen LogP contribution in [0.2, 0.25) is 0 Å². The van der Waals surface area contributed by atoms with Crippen LogP contribution in [0.25, 0.3) is 11.0 Å². The fourth-order valence-electron chi connectivity index (χ4n) is 2.81. The number of carbonyl (C=O) groups excluding carboxylic acids is 1. The molecule has 0 fully saturated rings. The molecule has 3 N–H and O–H groups in total. The number of rotatable bonds is 7. The summed E-state index contributed by atoms with van der Waals surface area (Å²) in [4.78, 5) is 23.9. The van der Waals surface area contributed by atoms with Crippen molar-refractivity contribution >= 4 is 17.1 Å². The fourth-order valence-corrected chi connectivity index (χ4v) is 2.81. The Hall–Kier alpha value is -2.89. The molecule has 2 heterocycles. The molecule has 2 amide bonds. The van der Waals surface area contributed by atoms with Crippen LogP contribution in [0.5, 0.6) is 0 Å². The van der Waals surface area contributed by atoms with Gasteiger partial charge in [0.2, 0.25) is 0 Å². The average molecular weight is 337 g/mol. The zero-order valence-corrected chi connectivity index (χ0v) is 14.3. The van der Waals surface area contributed by atoms with E-state index in [1.165, 1.54) is 0 Å². The first-order valence-electron chi connectivity index (χ1n) is 8.64. The van der Waals surface area contributed by atoms with Crippen LogP contribution in [0, 0.1) is 0 Å². The quantitative estimate of drug-likeness (QED) is 0.578. The predicted molar refractivity (Wildman–Crippen MR) is 98.2 cm³/mol. The molecule has 0 spiro atoms. The van der Waals surface area contributed by atoms with Crippen molar-refractivity contribution in [3.8, 4) is 0 Å². The lowest BCUT2D eigenvalue weighted by Crippen LogP contribution is -2.38. The summed E-state index contributed by atoms with van der Waals surface area (Å²) in [6.45, 7) is 2.66. The first kappa shape index (κ1) is 17.0. The molecule has 0 radical (unpaired) electrons. The lowest BCUT2D eigenvalue weighted by Gasteiger charge is -2.17. The summed E-state index contributed by atoms with van der Waals surface area (Å²) in [6.07, 6.45) is 5.95. The molecular formula is C19H23N5O. The second kappa shape index (κ2) is 8.28. The summed E-state index contributed by atoms with van der Waals surface area (Å²) in [6, 6.07) is 11.7. The molecule has 0 aliphatic rings. The molecule has 0 saturated heterocycles. The molecule has 0 unspecified atom stereocenters. The SMILES string of the molecule is CC[C@H](NC(=O)NCCCc1nc2ccccc2[nH]1)c1ccncc1. The number of carbonyl (C=O) groups is 1. The largest absolute Gasteiger partial charge is 0.342 e. The van der Waals surface area contributed by atoms with Crippen molar-refractivity contribution in [2.45, 2.75) is 32.2 Å². The number of H-pyrrole nitrogens is 1. The lowest BCUT2D eigenvalue weighted by molar-refractivity contribution is 0.236. The summed E-state index contributed by atoms with van der Waals surface area (Å²) in [5.74, 6) is 0.951. The third kappa shape index (κ3) is 4.56. The van der Waals surface area contributed by atoms with Gasteiger partial charge in [-0.2, -0.15) is 0 Å². The maximum atomic E-state index is 12.1. The van der Waals surface area contributed by atoms with Crippen molar-refractivity contribution in [1.29, 1.82) is 0 Å². The van der Waals surface area contributed by atoms with Gasteiger partial charge in [-0.15, -0.1) is 0 Å². The lowest BCUT2D eigenvalue weighted by atomic mass is 10.1. The van der Waals surface area contributed by atoms with Crippen molar-refractivity contribution < 1.29 is 4.79 Å². The number of aryl methyl sites for hydroxylation is 1. The summed E-state index contributed by atoms with van der Waals surface area (Å²) in [7, 11) is 0. The molecule has 0 bridgehead atoms. The van der Waals surface area contributed by atoms with Gasteiger partial charge in [-0.25, -0.2) is 9.78 Å². The number of aromatic amines is 1. The fraction of sp³-hybridized carbons (Fsp3) is 0.316. The van der Waals surface area contributed by atoms with E-state index < -0.39 is 0 Å². The van der Waals surface area contributed by atoms with Crippen LogP contribution in [-0.4, -0.2) is 27.5 Å². The van der Waals surface area contributed by atoms with Crippen LogP contribution in [0.15, 0.2) is 48.8 Å². The zero-order chi connectivity index (χ0) is 17.5. The molecule has 25 heavy (non-hydrogen) atoms. The van der Waals surface area contributed by atoms with E-state index in [2.05, 4.69) is 25.6 Å². The Morgan fingerprint density at radius 2 is 2.00 bits per heavy atom. The number of hydrogen-bond acceptors (Lipinski definition) is 3. The van der Waals surface area contributed by atoms with Crippen LogP contribution in [0.4, 0.5) is 4.79 Å². The third-order valence-corrected chi connectivity index (χ3v) is 4.14. The van der Waals surface area contributed by atoms with Gasteiger partial charge in [0, 0.05) is 25.4 Å². The summed E-state index contributed by atoms with van der Waals surface area (Å²) < 4.78 is 0. The first-order chi connectivity index (χ1) is 12.3. The van der Waals surface area contributed by atoms with Crippen molar-refractivity contribution in [2.75, 3.05) is 6.54 Å². The van der Waals surface area contributed by atoms with E-state index in [0.717, 1.165) is 41.7 Å². The smallest absolute Gasteiger partial charge is 0.315 e. The number of amides is 2. The number of aromatic nitrogens is 3. The van der Waals surface area contributed by atoms with Gasteiger partial charge in [0.15, 0.2) is 0 Å². The minimum atomic E-state index is -0.145. The topological polar surface area (TPSA) is 82.7 Å². The van der Waals surface area contributed by atoms with E-state index in [9.17, 15) is 4.79 Å². The van der Waals surface area contributed by atoms with Gasteiger partial charge in [-0.3, -0.25) is 4.98 Å². The minimum Gasteiger partial charge on any atom is -0.342 e. The number of nitrogens with zero attached hydrogens (tertiary/aromatic N) is 2. The van der Waals surface area contributed by atoms with E-state index in [-0.39, 0.29) is 12.1 Å². The highest BCUT2D eigenvalue weighted by Gasteiger charge is 2.12. The highest BCUT2D eigenvalue weighted by molar-refractivity contribution is 5.75. The standard InChI is InChI=1S/C19H23N5O/c1-2-15(14-9-12-20-13-10-14)24-19(25)21-11-5-8-18-22-16-6-3-4-7-17(16)23-18/h3-4,6-7,9-10,12-13,15H,2,5,8,11H2,1H3,(H,22,23)(H2,21,24,25)/t15-/m0/s1. The van der Waals surface area contributed by atoms with Crippen molar-refractivity contribution in [3.63, 3.8) is 0 Å². The Morgan fingerprint density at radius 3 is 2.76 bits per heavy atom. The number of benzene rings is 1. The monoisotopic (exact) mass is 337 g/mol. The molecule has 0 aliphatic carbocycles. The van der Waals surface area contributed by atoms with Crippen molar-refractivity contribution in [1.82, 2.24) is 25.6 Å². The minimum absolute atomic E-state index is 0.00151. The second-order valence-corrected chi connectivity index (χ2v) is 5.95. The van der Waals surface area contributed by atoms with Crippen LogP contribution in [0.3, 0.4) is 0 Å². The van der Waals surface area contributed by atoms with Gasteiger partial charge >= 0.3 is 6.03 Å². The third-order valence-electron chi connectivity index (χ3n) is 4.14. The van der Waals surface area contributed by atoms with E-state index in [1.54, 1.807) is 12.4 Å². The number of fused-ring (bicyclic) bond motifs is 1. The summed E-state index contributed by atoms with van der Waals surface area (Å²) in [5, 5.41) is 5.92. The first-order valence-corrected chi connectivity index (χ1v) is 8.64. The van der Waals surface area contributed by atoms with Gasteiger partial charge in [0.1, 0.15) is 5.82 Å². The Kier molecular flexibility index (Phi) is 5.61. The molecule has 130 valence electrons. The van der Waals surface area contributed by atoms with Gasteiger partial charge < -0.3 is 15.6 Å². The molecule has 0 saturated carbocycles. The van der Waals surface area contributed by atoms with Gasteiger partial charge in [0.05, 0.1) is 17.1 Å². The van der Waals surface area contributed by atoms with Gasteiger partial charge in [-0.05, 0) is 42.7 Å². The molecule has 3 aromatic rings. The van der Waals surface area contributed by atoms with Gasteiger partial charge in [-0.1, -0.05) is 19.1 Å². The Morgan fingerprint density at radius 1 is 1.20 bits per heavy atom. The molecule has 1 aromatic carbocycles. The number of hydrogen-bond donors (Lipinski definition) is 3. The van der Waals surface area contributed by atoms with Crippen LogP contribution in [-0.2, 0) is 6.42 Å². The molecule has 3 rings (SSSR count). The number of pyridine rings is 1. The molecular weight excluding hydrogens is 314 g/mol. The van der Waals surface area contributed by atoms with E-state index in [0.29, 0.717) is 6.54 Å². The van der Waals surface area contributed by atoms with E-state index in [4.69, 9.17) is 0 Å². The normalized spacial score (nSPS) is 12.0. The number of urea groups is 1. The number of para-hydroxylation sites is 2. The maximum Gasteiger partial charge on any atom is 0.315 e. The second-order valence-electron chi connectivity index (χ2n) is 5.95. The highest BCUT2D eigenvalue weighted by atomic mass is 16.2.